The molecule has 0 unspecified atom stereocenters. The molecule has 0 aromatic heterocycles. The highest BCUT2D eigenvalue weighted by Gasteiger charge is 2.64. The van der Waals surface area contributed by atoms with Crippen LogP contribution in [-0.2, 0) is 28.6 Å². The van der Waals surface area contributed by atoms with E-state index in [4.69, 9.17) is 14.2 Å². The van der Waals surface area contributed by atoms with Gasteiger partial charge in [-0.15, -0.1) is 6.58 Å². The minimum absolute atomic E-state index is 0.0740. The van der Waals surface area contributed by atoms with Gasteiger partial charge in [0.05, 0.1) is 11.3 Å². The van der Waals surface area contributed by atoms with E-state index < -0.39 is 47.4 Å². The zero-order valence-corrected chi connectivity index (χ0v) is 12.9. The van der Waals surface area contributed by atoms with E-state index in [2.05, 4.69) is 19.7 Å². The minimum atomic E-state index is -1.12. The second-order valence-electron chi connectivity index (χ2n) is 6.23. The lowest BCUT2D eigenvalue weighted by molar-refractivity contribution is -0.183. The van der Waals surface area contributed by atoms with Crippen LogP contribution >= 0.6 is 0 Å². The number of carbonyl (C=O) groups excluding carboxylic acids is 3. The third-order valence-corrected chi connectivity index (χ3v) is 4.97. The molecule has 1 saturated carbocycles. The first-order valence-electron chi connectivity index (χ1n) is 7.37. The summed E-state index contributed by atoms with van der Waals surface area (Å²) in [5.74, 6) is -2.45. The highest BCUT2D eigenvalue weighted by atomic mass is 16.6. The molecule has 6 heteroatoms. The number of hydrogen-bond donors (Lipinski definition) is 0. The molecule has 5 atom stereocenters. The topological polar surface area (TPSA) is 78.9 Å². The van der Waals surface area contributed by atoms with E-state index in [1.165, 1.54) is 13.0 Å². The van der Waals surface area contributed by atoms with Gasteiger partial charge in [-0.3, -0.25) is 9.59 Å². The van der Waals surface area contributed by atoms with Crippen LogP contribution in [0.2, 0.25) is 0 Å². The van der Waals surface area contributed by atoms with Gasteiger partial charge in [-0.2, -0.15) is 0 Å². The summed E-state index contributed by atoms with van der Waals surface area (Å²) in [6.07, 6.45) is 0.289. The minimum Gasteiger partial charge on any atom is -0.462 e. The van der Waals surface area contributed by atoms with Crippen LogP contribution in [0.1, 0.15) is 13.3 Å². The molecule has 0 N–H and O–H groups in total. The van der Waals surface area contributed by atoms with Crippen molar-refractivity contribution in [3.05, 3.63) is 37.0 Å². The van der Waals surface area contributed by atoms with Gasteiger partial charge in [-0.05, 0) is 5.57 Å². The van der Waals surface area contributed by atoms with E-state index in [1.54, 1.807) is 0 Å². The molecule has 0 spiro atoms. The fourth-order valence-corrected chi connectivity index (χ4v) is 4.01. The lowest BCUT2D eigenvalue weighted by Crippen LogP contribution is -2.58. The Kier molecular flexibility index (Phi) is 3.43. The van der Waals surface area contributed by atoms with Crippen molar-refractivity contribution in [3.63, 3.8) is 0 Å². The van der Waals surface area contributed by atoms with Crippen LogP contribution in [0.25, 0.3) is 0 Å². The van der Waals surface area contributed by atoms with Gasteiger partial charge in [-0.1, -0.05) is 19.2 Å². The molecule has 0 aromatic carbocycles. The predicted molar refractivity (Wildman–Crippen MR) is 78.9 cm³/mol. The molecule has 2 saturated heterocycles. The van der Waals surface area contributed by atoms with Gasteiger partial charge in [-0.25, -0.2) is 4.79 Å². The van der Waals surface area contributed by atoms with Gasteiger partial charge in [0.25, 0.3) is 0 Å². The van der Waals surface area contributed by atoms with Crippen molar-refractivity contribution in [3.8, 4) is 0 Å². The number of rotatable bonds is 2. The fourth-order valence-electron chi connectivity index (χ4n) is 4.01. The monoisotopic (exact) mass is 318 g/mol. The number of fused-ring (bicyclic) bond motifs is 3. The summed E-state index contributed by atoms with van der Waals surface area (Å²) in [5, 5.41) is 0. The van der Waals surface area contributed by atoms with E-state index in [0.717, 1.165) is 0 Å². The molecular formula is C17H18O6. The van der Waals surface area contributed by atoms with E-state index in [0.29, 0.717) is 5.57 Å². The summed E-state index contributed by atoms with van der Waals surface area (Å²) in [4.78, 5) is 35.9. The molecule has 3 rings (SSSR count). The first-order valence-corrected chi connectivity index (χ1v) is 7.37. The highest BCUT2D eigenvalue weighted by molar-refractivity contribution is 5.92. The number of cyclic esters (lactones) is 1. The van der Waals surface area contributed by atoms with E-state index in [-0.39, 0.29) is 18.6 Å². The molecule has 3 fully saturated rings. The van der Waals surface area contributed by atoms with E-state index in [9.17, 15) is 14.4 Å². The summed E-state index contributed by atoms with van der Waals surface area (Å²) in [7, 11) is 0. The Balaban J connectivity index is 2.11. The van der Waals surface area contributed by atoms with Crippen molar-refractivity contribution in [2.24, 2.45) is 17.3 Å². The first-order chi connectivity index (χ1) is 10.8. The average Bonchev–Trinajstić information content (AvgIpc) is 2.78. The Labute approximate surface area is 133 Å². The molecule has 0 bridgehead atoms. The summed E-state index contributed by atoms with van der Waals surface area (Å²) >= 11 is 0. The van der Waals surface area contributed by atoms with E-state index in [1.807, 2.05) is 0 Å². The fraction of sp³-hybridized carbons (Fsp3) is 0.471. The number of esters is 3. The molecule has 0 amide bonds. The van der Waals surface area contributed by atoms with Crippen LogP contribution < -0.4 is 0 Å². The zero-order valence-electron chi connectivity index (χ0n) is 12.9. The molecule has 0 aromatic rings. The molecule has 0 radical (unpaired) electrons. The third-order valence-electron chi connectivity index (χ3n) is 4.97. The van der Waals surface area contributed by atoms with Crippen LogP contribution in [0.4, 0.5) is 0 Å². The van der Waals surface area contributed by atoms with Crippen LogP contribution in [0.15, 0.2) is 37.0 Å². The maximum Gasteiger partial charge on any atom is 0.334 e. The molecule has 1 aliphatic carbocycles. The van der Waals surface area contributed by atoms with Crippen LogP contribution in [0, 0.1) is 17.3 Å². The predicted octanol–water partition coefficient (Wildman–Crippen LogP) is 1.32. The maximum atomic E-state index is 12.5. The summed E-state index contributed by atoms with van der Waals surface area (Å²) in [6.45, 7) is 12.9. The van der Waals surface area contributed by atoms with Crippen molar-refractivity contribution in [2.75, 3.05) is 6.61 Å². The first kappa shape index (κ1) is 15.5. The van der Waals surface area contributed by atoms with Crippen molar-refractivity contribution in [1.82, 2.24) is 0 Å². The van der Waals surface area contributed by atoms with Crippen LogP contribution in [0.3, 0.4) is 0 Å². The summed E-state index contributed by atoms with van der Waals surface area (Å²) in [6, 6.07) is 0. The number of carbonyl (C=O) groups is 3. The van der Waals surface area contributed by atoms with Gasteiger partial charge >= 0.3 is 17.9 Å². The molecule has 2 aliphatic heterocycles. The van der Waals surface area contributed by atoms with Crippen molar-refractivity contribution in [2.45, 2.75) is 25.6 Å². The molecule has 2 heterocycles. The number of hydrogen-bond acceptors (Lipinski definition) is 6. The quantitative estimate of drug-likeness (QED) is 0.331. The Hall–Kier alpha value is -2.37. The van der Waals surface area contributed by atoms with Crippen LogP contribution in [0.5, 0.6) is 0 Å². The van der Waals surface area contributed by atoms with Gasteiger partial charge in [0, 0.05) is 24.8 Å². The largest absolute Gasteiger partial charge is 0.462 e. The SMILES string of the molecule is C=C[C@]12C[C@H](OC(C)=O)[C@H]3C(=C)C(=O)O[C@@H]3[C@H]1C(=C)COC2=O. The lowest BCUT2D eigenvalue weighted by atomic mass is 9.57. The van der Waals surface area contributed by atoms with E-state index >= 15 is 0 Å². The van der Waals surface area contributed by atoms with Gasteiger partial charge in [0.15, 0.2) is 0 Å². The summed E-state index contributed by atoms with van der Waals surface area (Å²) in [5.41, 5.74) is -0.212. The lowest BCUT2D eigenvalue weighted by Gasteiger charge is -2.50. The Bertz CT molecular complexity index is 647. The highest BCUT2D eigenvalue weighted by Crippen LogP contribution is 2.55. The second kappa shape index (κ2) is 5.08. The molecular weight excluding hydrogens is 300 g/mol. The van der Waals surface area contributed by atoms with Crippen molar-refractivity contribution >= 4 is 17.9 Å². The van der Waals surface area contributed by atoms with Gasteiger partial charge in [0.1, 0.15) is 18.8 Å². The standard InChI is InChI=1S/C17H18O6/c1-5-17-6-11(22-10(4)18)12-9(3)15(19)23-14(12)13(17)8(2)7-21-16(17)20/h5,11-14H,1-3,6-7H2,4H3/t11-,12+,13+,14-,17-/m0/s1. The summed E-state index contributed by atoms with van der Waals surface area (Å²) < 4.78 is 16.0. The van der Waals surface area contributed by atoms with Crippen LogP contribution in [-0.4, -0.2) is 36.7 Å². The van der Waals surface area contributed by atoms with Gasteiger partial charge < -0.3 is 14.2 Å². The third kappa shape index (κ3) is 2.04. The smallest absolute Gasteiger partial charge is 0.334 e. The number of ether oxygens (including phenoxy) is 3. The Morgan fingerprint density at radius 1 is 1.39 bits per heavy atom. The van der Waals surface area contributed by atoms with Crippen molar-refractivity contribution in [1.29, 1.82) is 0 Å². The van der Waals surface area contributed by atoms with Crippen molar-refractivity contribution < 1.29 is 28.6 Å². The molecule has 122 valence electrons. The normalized spacial score (nSPS) is 39.0. The van der Waals surface area contributed by atoms with Gasteiger partial charge in [0.2, 0.25) is 0 Å². The zero-order chi connectivity index (χ0) is 16.9. The Morgan fingerprint density at radius 2 is 2.09 bits per heavy atom. The maximum absolute atomic E-state index is 12.5. The average molecular weight is 318 g/mol. The molecule has 3 aliphatic rings. The second-order valence-corrected chi connectivity index (χ2v) is 6.23. The molecule has 23 heavy (non-hydrogen) atoms. The Morgan fingerprint density at radius 3 is 2.70 bits per heavy atom. The molecule has 6 nitrogen and oxygen atoms in total.